The molecular weight excluding hydrogens is 528 g/mol. The second kappa shape index (κ2) is 10.7. The van der Waals surface area contributed by atoms with Gasteiger partial charge in [-0.15, -0.1) is 22.7 Å². The van der Waals surface area contributed by atoms with Crippen LogP contribution in [0.2, 0.25) is 0 Å². The first kappa shape index (κ1) is 25.5. The third kappa shape index (κ3) is 4.88. The SMILES string of the molecule is Cc1ncsc1-c1ccc(CNC(=O)C2CCCN2C(=O)C(c2cccs2)N2Cc3ccccc3C2=O)cc1. The highest BCUT2D eigenvalue weighted by molar-refractivity contribution is 7.13. The molecule has 4 heterocycles. The van der Waals surface area contributed by atoms with Crippen LogP contribution in [0, 0.1) is 6.92 Å². The fourth-order valence-electron chi connectivity index (χ4n) is 5.46. The van der Waals surface area contributed by atoms with Crippen LogP contribution in [-0.2, 0) is 22.7 Å². The van der Waals surface area contributed by atoms with Crippen molar-refractivity contribution in [3.63, 3.8) is 0 Å². The number of aryl methyl sites for hydroxylation is 1. The fraction of sp³-hybridized carbons (Fsp3) is 0.267. The van der Waals surface area contributed by atoms with E-state index in [2.05, 4.69) is 10.3 Å². The largest absolute Gasteiger partial charge is 0.350 e. The molecule has 9 heteroatoms. The monoisotopic (exact) mass is 556 g/mol. The molecule has 1 fully saturated rings. The Kier molecular flexibility index (Phi) is 7.01. The van der Waals surface area contributed by atoms with Gasteiger partial charge >= 0.3 is 0 Å². The Hall–Kier alpha value is -3.82. The Morgan fingerprint density at radius 3 is 2.62 bits per heavy atom. The molecule has 2 unspecified atom stereocenters. The number of carbonyl (C=O) groups is 3. The van der Waals surface area contributed by atoms with Gasteiger partial charge in [0.25, 0.3) is 11.8 Å². The van der Waals surface area contributed by atoms with E-state index >= 15 is 0 Å². The number of thiazole rings is 1. The molecule has 6 rings (SSSR count). The van der Waals surface area contributed by atoms with Crippen LogP contribution in [-0.4, -0.2) is 45.1 Å². The lowest BCUT2D eigenvalue weighted by molar-refractivity contribution is -0.142. The molecule has 3 amide bonds. The van der Waals surface area contributed by atoms with Crippen molar-refractivity contribution in [1.82, 2.24) is 20.1 Å². The van der Waals surface area contributed by atoms with Crippen LogP contribution in [0.1, 0.15) is 50.9 Å². The third-order valence-corrected chi connectivity index (χ3v) is 9.38. The van der Waals surface area contributed by atoms with E-state index in [9.17, 15) is 14.4 Å². The Balaban J connectivity index is 1.16. The quantitative estimate of drug-likeness (QED) is 0.340. The summed E-state index contributed by atoms with van der Waals surface area (Å²) in [5.74, 6) is -0.501. The van der Waals surface area contributed by atoms with Crippen molar-refractivity contribution in [1.29, 1.82) is 0 Å². The maximum absolute atomic E-state index is 14.0. The molecule has 7 nitrogen and oxygen atoms in total. The number of nitrogens with one attached hydrogen (secondary N) is 1. The summed E-state index contributed by atoms with van der Waals surface area (Å²) in [5, 5.41) is 4.95. The number of fused-ring (bicyclic) bond motifs is 1. The lowest BCUT2D eigenvalue weighted by Crippen LogP contribution is -2.50. The van der Waals surface area contributed by atoms with Crippen molar-refractivity contribution in [2.24, 2.45) is 0 Å². The summed E-state index contributed by atoms with van der Waals surface area (Å²) in [6, 6.07) is 18.1. The third-order valence-electron chi connectivity index (χ3n) is 7.47. The van der Waals surface area contributed by atoms with Crippen molar-refractivity contribution in [3.8, 4) is 10.4 Å². The van der Waals surface area contributed by atoms with Crippen LogP contribution < -0.4 is 5.32 Å². The van der Waals surface area contributed by atoms with E-state index in [1.165, 1.54) is 11.3 Å². The number of rotatable bonds is 7. The Morgan fingerprint density at radius 2 is 1.90 bits per heavy atom. The number of hydrogen-bond donors (Lipinski definition) is 1. The number of hydrogen-bond acceptors (Lipinski definition) is 6. The minimum atomic E-state index is -0.749. The molecule has 2 aromatic carbocycles. The molecule has 0 aliphatic carbocycles. The van der Waals surface area contributed by atoms with E-state index in [-0.39, 0.29) is 17.7 Å². The summed E-state index contributed by atoms with van der Waals surface area (Å²) in [6.07, 6.45) is 1.35. The second-order valence-electron chi connectivity index (χ2n) is 9.88. The van der Waals surface area contributed by atoms with Crippen molar-refractivity contribution in [2.45, 2.75) is 44.9 Å². The van der Waals surface area contributed by atoms with Gasteiger partial charge in [0, 0.05) is 30.1 Å². The first-order valence-corrected chi connectivity index (χ1v) is 14.8. The van der Waals surface area contributed by atoms with Gasteiger partial charge in [0.15, 0.2) is 0 Å². The van der Waals surface area contributed by atoms with Crippen molar-refractivity contribution >= 4 is 40.4 Å². The Labute approximate surface area is 235 Å². The van der Waals surface area contributed by atoms with Crippen molar-refractivity contribution in [2.75, 3.05) is 6.54 Å². The fourth-order valence-corrected chi connectivity index (χ4v) is 7.10. The molecular formula is C30H28N4O3S2. The zero-order valence-corrected chi connectivity index (χ0v) is 23.1. The summed E-state index contributed by atoms with van der Waals surface area (Å²) >= 11 is 3.07. The molecule has 0 radical (unpaired) electrons. The number of aromatic nitrogens is 1. The lowest BCUT2D eigenvalue weighted by Gasteiger charge is -2.32. The maximum Gasteiger partial charge on any atom is 0.255 e. The van der Waals surface area contributed by atoms with E-state index in [0.717, 1.165) is 38.6 Å². The lowest BCUT2D eigenvalue weighted by atomic mass is 10.1. The highest BCUT2D eigenvalue weighted by atomic mass is 32.1. The predicted molar refractivity (Wildman–Crippen MR) is 152 cm³/mol. The minimum absolute atomic E-state index is 0.144. The summed E-state index contributed by atoms with van der Waals surface area (Å²) in [7, 11) is 0. The second-order valence-corrected chi connectivity index (χ2v) is 11.7. The molecule has 0 saturated carbocycles. The topological polar surface area (TPSA) is 82.6 Å². The average molecular weight is 557 g/mol. The standard InChI is InChI=1S/C30H28N4O3S2/c1-19-27(39-18-32-19)21-12-10-20(11-13-21)16-31-28(35)24-8-4-14-33(24)30(37)26(25-9-5-15-38-25)34-17-22-6-2-3-7-23(22)29(34)36/h2-3,5-7,9-13,15,18,24,26H,4,8,14,16-17H2,1H3,(H,31,35). The molecule has 39 heavy (non-hydrogen) atoms. The molecule has 2 aromatic heterocycles. The molecule has 2 aliphatic rings. The first-order valence-electron chi connectivity index (χ1n) is 13.0. The summed E-state index contributed by atoms with van der Waals surface area (Å²) in [5.41, 5.74) is 6.50. The van der Waals surface area contributed by atoms with Gasteiger partial charge in [0.2, 0.25) is 5.91 Å². The van der Waals surface area contributed by atoms with Gasteiger partial charge in [-0.25, -0.2) is 4.98 Å². The molecule has 1 saturated heterocycles. The van der Waals surface area contributed by atoms with Gasteiger partial charge in [-0.3, -0.25) is 14.4 Å². The summed E-state index contributed by atoms with van der Waals surface area (Å²) < 4.78 is 0. The minimum Gasteiger partial charge on any atom is -0.350 e. The van der Waals surface area contributed by atoms with Crippen LogP contribution >= 0.6 is 22.7 Å². The number of thiophene rings is 1. The number of nitrogens with zero attached hydrogens (tertiary/aromatic N) is 3. The van der Waals surface area contributed by atoms with Crippen LogP contribution in [0.3, 0.4) is 0 Å². The zero-order valence-electron chi connectivity index (χ0n) is 21.5. The van der Waals surface area contributed by atoms with E-state index in [1.54, 1.807) is 21.1 Å². The Morgan fingerprint density at radius 1 is 1.08 bits per heavy atom. The number of amides is 3. The number of likely N-dealkylation sites (tertiary alicyclic amines) is 1. The normalized spacial score (nSPS) is 17.4. The predicted octanol–water partition coefficient (Wildman–Crippen LogP) is 5.18. The van der Waals surface area contributed by atoms with E-state index in [1.807, 2.05) is 78.5 Å². The van der Waals surface area contributed by atoms with E-state index in [4.69, 9.17) is 0 Å². The van der Waals surface area contributed by atoms with Gasteiger partial charge in [0.05, 0.1) is 16.1 Å². The highest BCUT2D eigenvalue weighted by Crippen LogP contribution is 2.36. The Bertz CT molecular complexity index is 1510. The van der Waals surface area contributed by atoms with E-state index < -0.39 is 12.1 Å². The number of benzene rings is 2. The van der Waals surface area contributed by atoms with Gasteiger partial charge in [-0.2, -0.15) is 0 Å². The first-order chi connectivity index (χ1) is 19.0. The van der Waals surface area contributed by atoms with Crippen LogP contribution in [0.25, 0.3) is 10.4 Å². The molecule has 2 atom stereocenters. The van der Waals surface area contributed by atoms with Crippen LogP contribution in [0.5, 0.6) is 0 Å². The molecule has 2 aliphatic heterocycles. The molecule has 4 aromatic rings. The summed E-state index contributed by atoms with van der Waals surface area (Å²) in [6.45, 7) is 3.26. The highest BCUT2D eigenvalue weighted by Gasteiger charge is 2.43. The van der Waals surface area contributed by atoms with Crippen molar-refractivity contribution in [3.05, 3.63) is 98.8 Å². The summed E-state index contributed by atoms with van der Waals surface area (Å²) in [4.78, 5) is 50.3. The maximum atomic E-state index is 14.0. The van der Waals surface area contributed by atoms with Crippen LogP contribution in [0.15, 0.2) is 71.6 Å². The number of carbonyl (C=O) groups excluding carboxylic acids is 3. The van der Waals surface area contributed by atoms with Crippen LogP contribution in [0.4, 0.5) is 0 Å². The van der Waals surface area contributed by atoms with E-state index in [0.29, 0.717) is 31.6 Å². The molecule has 0 spiro atoms. The smallest absolute Gasteiger partial charge is 0.255 e. The van der Waals surface area contributed by atoms with Gasteiger partial charge in [-0.1, -0.05) is 48.5 Å². The van der Waals surface area contributed by atoms with Gasteiger partial charge in [-0.05, 0) is 54.0 Å². The van der Waals surface area contributed by atoms with Crippen molar-refractivity contribution < 1.29 is 14.4 Å². The molecule has 1 N–H and O–H groups in total. The zero-order chi connectivity index (χ0) is 26.9. The average Bonchev–Trinajstić information content (AvgIpc) is 3.77. The molecule has 0 bridgehead atoms. The van der Waals surface area contributed by atoms with Gasteiger partial charge in [0.1, 0.15) is 12.1 Å². The van der Waals surface area contributed by atoms with Gasteiger partial charge < -0.3 is 15.1 Å². The molecule has 198 valence electrons.